The molecule has 158 valence electrons. The third-order valence-corrected chi connectivity index (χ3v) is 4.92. The number of anilines is 1. The number of methoxy groups -OCH3 is 2. The summed E-state index contributed by atoms with van der Waals surface area (Å²) in [4.78, 5) is 36.7. The highest BCUT2D eigenvalue weighted by atomic mass is 127. The molecule has 0 radical (unpaired) electrons. The Morgan fingerprint density at radius 1 is 0.806 bits per heavy atom. The normalized spacial score (nSPS) is 10.2. The van der Waals surface area contributed by atoms with E-state index in [1.54, 1.807) is 42.5 Å². The number of benzene rings is 3. The first-order valence-corrected chi connectivity index (χ1v) is 10.1. The molecule has 3 aromatic rings. The van der Waals surface area contributed by atoms with E-state index in [1.807, 2.05) is 6.07 Å². The summed E-state index contributed by atoms with van der Waals surface area (Å²) in [5.41, 5.74) is 1.02. The van der Waals surface area contributed by atoms with Gasteiger partial charge in [0.15, 0.2) is 5.75 Å². The van der Waals surface area contributed by atoms with Crippen molar-refractivity contribution < 1.29 is 28.6 Å². The molecule has 1 N–H and O–H groups in total. The Kier molecular flexibility index (Phi) is 7.24. The van der Waals surface area contributed by atoms with Crippen LogP contribution in [0.4, 0.5) is 5.69 Å². The number of nitrogens with one attached hydrogen (secondary N) is 1. The standard InChI is InChI=1S/C23H18INO6/c1-29-22(27)17-11-10-16(13-18(17)23(28)30-2)31-20-9-4-3-8-19(20)25-21(26)14-6-5-7-15(24)12-14/h3-13H,1-2H3,(H,25,26). The minimum Gasteiger partial charge on any atom is -0.465 e. The third kappa shape index (κ3) is 5.40. The van der Waals surface area contributed by atoms with Crippen LogP contribution in [0.25, 0.3) is 0 Å². The number of carbonyl (C=O) groups is 3. The minimum absolute atomic E-state index is 0.00669. The van der Waals surface area contributed by atoms with Gasteiger partial charge in [0.05, 0.1) is 31.0 Å². The molecule has 1 amide bonds. The van der Waals surface area contributed by atoms with Crippen LogP contribution in [0, 0.1) is 3.57 Å². The molecule has 0 spiro atoms. The van der Waals surface area contributed by atoms with Crippen molar-refractivity contribution in [3.05, 3.63) is 87.0 Å². The van der Waals surface area contributed by atoms with Crippen molar-refractivity contribution in [3.8, 4) is 11.5 Å². The average Bonchev–Trinajstić information content (AvgIpc) is 2.79. The first-order valence-electron chi connectivity index (χ1n) is 9.07. The van der Waals surface area contributed by atoms with Crippen LogP contribution in [-0.2, 0) is 9.47 Å². The Hall–Kier alpha value is -3.40. The SMILES string of the molecule is COC(=O)c1ccc(Oc2ccccc2NC(=O)c2cccc(I)c2)cc1C(=O)OC. The number of hydrogen-bond acceptors (Lipinski definition) is 6. The Bertz CT molecular complexity index is 1140. The summed E-state index contributed by atoms with van der Waals surface area (Å²) >= 11 is 2.14. The van der Waals surface area contributed by atoms with E-state index in [2.05, 4.69) is 27.9 Å². The second kappa shape index (κ2) is 10.1. The summed E-state index contributed by atoms with van der Waals surface area (Å²) in [5, 5.41) is 2.83. The van der Waals surface area contributed by atoms with Crippen LogP contribution in [0.2, 0.25) is 0 Å². The van der Waals surface area contributed by atoms with Crippen LogP contribution in [0.1, 0.15) is 31.1 Å². The van der Waals surface area contributed by atoms with Gasteiger partial charge in [0.2, 0.25) is 0 Å². The highest BCUT2D eigenvalue weighted by Gasteiger charge is 2.20. The average molecular weight is 531 g/mol. The molecule has 0 saturated heterocycles. The molecular formula is C23H18INO6. The maximum absolute atomic E-state index is 12.6. The Morgan fingerprint density at radius 2 is 1.52 bits per heavy atom. The van der Waals surface area contributed by atoms with Gasteiger partial charge in [0.25, 0.3) is 5.91 Å². The van der Waals surface area contributed by atoms with E-state index in [0.29, 0.717) is 17.0 Å². The van der Waals surface area contributed by atoms with Gasteiger partial charge < -0.3 is 19.5 Å². The molecule has 0 aliphatic carbocycles. The fourth-order valence-corrected chi connectivity index (χ4v) is 3.31. The highest BCUT2D eigenvalue weighted by molar-refractivity contribution is 14.1. The largest absolute Gasteiger partial charge is 0.465 e. The number of ether oxygens (including phenoxy) is 3. The molecule has 0 aromatic heterocycles. The van der Waals surface area contributed by atoms with Crippen LogP contribution in [0.3, 0.4) is 0 Å². The lowest BCUT2D eigenvalue weighted by Crippen LogP contribution is -2.13. The van der Waals surface area contributed by atoms with E-state index in [-0.39, 0.29) is 22.8 Å². The van der Waals surface area contributed by atoms with E-state index in [1.165, 1.54) is 32.4 Å². The van der Waals surface area contributed by atoms with Crippen LogP contribution in [-0.4, -0.2) is 32.1 Å². The van der Waals surface area contributed by atoms with Crippen molar-refractivity contribution in [1.82, 2.24) is 0 Å². The molecular weight excluding hydrogens is 513 g/mol. The zero-order valence-corrected chi connectivity index (χ0v) is 18.8. The molecule has 8 heteroatoms. The molecule has 3 aromatic carbocycles. The number of rotatable bonds is 6. The smallest absolute Gasteiger partial charge is 0.338 e. The van der Waals surface area contributed by atoms with Crippen molar-refractivity contribution in [2.75, 3.05) is 19.5 Å². The van der Waals surface area contributed by atoms with Crippen molar-refractivity contribution in [3.63, 3.8) is 0 Å². The Balaban J connectivity index is 1.89. The number of para-hydroxylation sites is 2. The molecule has 0 aliphatic rings. The zero-order valence-electron chi connectivity index (χ0n) is 16.7. The van der Waals surface area contributed by atoms with Crippen LogP contribution < -0.4 is 10.1 Å². The molecule has 7 nitrogen and oxygen atoms in total. The second-order valence-corrected chi connectivity index (χ2v) is 7.50. The van der Waals surface area contributed by atoms with Gasteiger partial charge in [0.1, 0.15) is 5.75 Å². The number of halogens is 1. The molecule has 0 aliphatic heterocycles. The monoisotopic (exact) mass is 531 g/mol. The summed E-state index contributed by atoms with van der Waals surface area (Å²) in [7, 11) is 2.44. The van der Waals surface area contributed by atoms with Gasteiger partial charge >= 0.3 is 11.9 Å². The molecule has 0 unspecified atom stereocenters. The number of hydrogen-bond donors (Lipinski definition) is 1. The number of amides is 1. The van der Waals surface area contributed by atoms with E-state index in [4.69, 9.17) is 14.2 Å². The summed E-state index contributed by atoms with van der Waals surface area (Å²) in [6.45, 7) is 0. The van der Waals surface area contributed by atoms with Crippen molar-refractivity contribution in [1.29, 1.82) is 0 Å². The summed E-state index contributed by atoms with van der Waals surface area (Å²) in [6, 6.07) is 18.4. The third-order valence-electron chi connectivity index (χ3n) is 4.25. The van der Waals surface area contributed by atoms with Crippen molar-refractivity contribution in [2.45, 2.75) is 0 Å². The quantitative estimate of drug-likeness (QED) is 0.359. The van der Waals surface area contributed by atoms with Gasteiger partial charge in [-0.25, -0.2) is 9.59 Å². The maximum atomic E-state index is 12.6. The first kappa shape index (κ1) is 22.3. The second-order valence-electron chi connectivity index (χ2n) is 6.25. The van der Waals surface area contributed by atoms with Gasteiger partial charge in [0, 0.05) is 9.13 Å². The topological polar surface area (TPSA) is 90.9 Å². The molecule has 0 heterocycles. The van der Waals surface area contributed by atoms with Gasteiger partial charge in [-0.3, -0.25) is 4.79 Å². The van der Waals surface area contributed by atoms with Crippen molar-refractivity contribution in [2.24, 2.45) is 0 Å². The maximum Gasteiger partial charge on any atom is 0.338 e. The van der Waals surface area contributed by atoms with Crippen LogP contribution in [0.5, 0.6) is 11.5 Å². The molecule has 0 atom stereocenters. The van der Waals surface area contributed by atoms with Gasteiger partial charge in [-0.1, -0.05) is 18.2 Å². The first-order chi connectivity index (χ1) is 14.9. The minimum atomic E-state index is -0.703. The summed E-state index contributed by atoms with van der Waals surface area (Å²) in [5.74, 6) is -1.01. The molecule has 31 heavy (non-hydrogen) atoms. The molecule has 0 bridgehead atoms. The summed E-state index contributed by atoms with van der Waals surface area (Å²) < 4.78 is 16.3. The Labute approximate surface area is 192 Å². The lowest BCUT2D eigenvalue weighted by molar-refractivity contribution is 0.0555. The molecule has 3 rings (SSSR count). The Morgan fingerprint density at radius 3 is 2.23 bits per heavy atom. The predicted octanol–water partition coefficient (Wildman–Crippen LogP) is 4.91. The fraction of sp³-hybridized carbons (Fsp3) is 0.0870. The fourth-order valence-electron chi connectivity index (χ4n) is 2.76. The van der Waals surface area contributed by atoms with E-state index in [0.717, 1.165) is 3.57 Å². The number of esters is 2. The van der Waals surface area contributed by atoms with Crippen molar-refractivity contribution >= 4 is 46.1 Å². The zero-order chi connectivity index (χ0) is 22.4. The van der Waals surface area contributed by atoms with Gasteiger partial charge in [-0.05, 0) is 71.1 Å². The van der Waals surface area contributed by atoms with E-state index < -0.39 is 11.9 Å². The van der Waals surface area contributed by atoms with Crippen LogP contribution >= 0.6 is 22.6 Å². The molecule has 0 fully saturated rings. The number of carbonyl (C=O) groups excluding carboxylic acids is 3. The highest BCUT2D eigenvalue weighted by Crippen LogP contribution is 2.31. The van der Waals surface area contributed by atoms with Gasteiger partial charge in [-0.15, -0.1) is 0 Å². The lowest BCUT2D eigenvalue weighted by Gasteiger charge is -2.14. The van der Waals surface area contributed by atoms with E-state index >= 15 is 0 Å². The lowest BCUT2D eigenvalue weighted by atomic mass is 10.1. The van der Waals surface area contributed by atoms with E-state index in [9.17, 15) is 14.4 Å². The predicted molar refractivity (Wildman–Crippen MR) is 123 cm³/mol. The van der Waals surface area contributed by atoms with Gasteiger partial charge in [-0.2, -0.15) is 0 Å². The summed E-state index contributed by atoms with van der Waals surface area (Å²) in [6.07, 6.45) is 0. The molecule has 0 saturated carbocycles. The van der Waals surface area contributed by atoms with Crippen LogP contribution in [0.15, 0.2) is 66.7 Å².